The number of hydrogen-bond acceptors (Lipinski definition) is 9. The number of hydrogen-bond donors (Lipinski definition) is 0. The average molecular weight is 712 g/mol. The highest BCUT2D eigenvalue weighted by Gasteiger charge is 2.49. The number of amides is 3. The van der Waals surface area contributed by atoms with Gasteiger partial charge >= 0.3 is 21.7 Å². The Morgan fingerprint density at radius 2 is 1.80 bits per heavy atom. The second-order valence-electron chi connectivity index (χ2n) is 13.3. The van der Waals surface area contributed by atoms with Gasteiger partial charge in [0.1, 0.15) is 17.1 Å². The maximum Gasteiger partial charge on any atom is 0.534 e. The number of carbonyl (C=O) groups excluding carboxylic acids is 3. The van der Waals surface area contributed by atoms with Crippen molar-refractivity contribution in [1.29, 1.82) is 0 Å². The number of halogens is 3. The quantitative estimate of drug-likeness (QED) is 0.185. The van der Waals surface area contributed by atoms with E-state index in [1.807, 2.05) is 0 Å². The first-order chi connectivity index (χ1) is 23.0. The molecule has 0 aromatic heterocycles. The van der Waals surface area contributed by atoms with Crippen LogP contribution in [-0.4, -0.2) is 88.3 Å². The van der Waals surface area contributed by atoms with Crippen LogP contribution in [0.25, 0.3) is 0 Å². The standard InChI is InChI=1S/C33H40F3N3O9S/c1-32(2,3)47-31(42)37-15-13-25(21-7-5-8-24(17-21)48-49(43,44)33(34,35)36)26(19-37)30(41)39(22-9-10-22)23-11-12-28-27(18-23)38(14-6-16-45-4)29(40)20-46-28/h5,7-8,11-12,17-18,22,25-26H,6,9-10,13-16,19-20H2,1-4H3/t25-,26+/m1/s1. The molecule has 0 unspecified atom stereocenters. The van der Waals surface area contributed by atoms with Crippen LogP contribution in [0.3, 0.4) is 0 Å². The van der Waals surface area contributed by atoms with E-state index in [9.17, 15) is 36.0 Å². The molecule has 2 fully saturated rings. The van der Waals surface area contributed by atoms with E-state index in [0.29, 0.717) is 55.1 Å². The topological polar surface area (TPSA) is 132 Å². The second kappa shape index (κ2) is 14.1. The largest absolute Gasteiger partial charge is 0.534 e. The fourth-order valence-electron chi connectivity index (χ4n) is 6.05. The predicted molar refractivity (Wildman–Crippen MR) is 172 cm³/mol. The highest BCUT2D eigenvalue weighted by atomic mass is 32.2. The van der Waals surface area contributed by atoms with Crippen molar-refractivity contribution >= 4 is 39.4 Å². The number of methoxy groups -OCH3 is 1. The maximum absolute atomic E-state index is 14.7. The lowest BCUT2D eigenvalue weighted by molar-refractivity contribution is -0.124. The molecular weight excluding hydrogens is 671 g/mol. The Hall–Kier alpha value is -4.05. The van der Waals surface area contributed by atoms with Crippen LogP contribution in [0.1, 0.15) is 57.9 Å². The third-order valence-corrected chi connectivity index (χ3v) is 9.38. The van der Waals surface area contributed by atoms with Gasteiger partial charge in [-0.15, -0.1) is 0 Å². The van der Waals surface area contributed by atoms with Gasteiger partial charge in [0.15, 0.2) is 6.61 Å². The molecule has 16 heteroatoms. The molecule has 3 amide bonds. The van der Waals surface area contributed by atoms with Crippen LogP contribution in [0.15, 0.2) is 42.5 Å². The van der Waals surface area contributed by atoms with Crippen LogP contribution >= 0.6 is 0 Å². The molecule has 1 aliphatic carbocycles. The number of piperidine rings is 1. The average Bonchev–Trinajstić information content (AvgIpc) is 3.86. The Morgan fingerprint density at radius 3 is 2.45 bits per heavy atom. The van der Waals surface area contributed by atoms with Crippen molar-refractivity contribution in [1.82, 2.24) is 4.90 Å². The first-order valence-corrected chi connectivity index (χ1v) is 17.4. The summed E-state index contributed by atoms with van der Waals surface area (Å²) in [5.41, 5.74) is -5.03. The normalized spacial score (nSPS) is 19.9. The van der Waals surface area contributed by atoms with Gasteiger partial charge in [0.05, 0.1) is 11.6 Å². The van der Waals surface area contributed by atoms with Gasteiger partial charge in [-0.05, 0) is 88.3 Å². The molecule has 2 heterocycles. The fraction of sp³-hybridized carbons (Fsp3) is 0.545. The zero-order valence-corrected chi connectivity index (χ0v) is 28.5. The number of fused-ring (bicyclic) bond motifs is 1. The molecule has 3 aliphatic rings. The Kier molecular flexibility index (Phi) is 10.4. The van der Waals surface area contributed by atoms with Crippen LogP contribution in [0.4, 0.5) is 29.3 Å². The smallest absolute Gasteiger partial charge is 0.482 e. The van der Waals surface area contributed by atoms with E-state index < -0.39 is 44.9 Å². The lowest BCUT2D eigenvalue weighted by atomic mass is 9.79. The molecule has 2 aromatic carbocycles. The molecule has 0 radical (unpaired) electrons. The molecular formula is C33H40F3N3O9S. The van der Waals surface area contributed by atoms with Crippen LogP contribution in [0.5, 0.6) is 11.5 Å². The van der Waals surface area contributed by atoms with E-state index >= 15 is 0 Å². The van der Waals surface area contributed by atoms with Gasteiger partial charge in [0, 0.05) is 45.1 Å². The maximum atomic E-state index is 14.7. The van der Waals surface area contributed by atoms with Crippen LogP contribution < -0.4 is 18.7 Å². The Balaban J connectivity index is 1.50. The molecule has 5 rings (SSSR count). The third kappa shape index (κ3) is 8.40. The zero-order valence-electron chi connectivity index (χ0n) is 27.7. The van der Waals surface area contributed by atoms with E-state index in [4.69, 9.17) is 14.2 Å². The van der Waals surface area contributed by atoms with E-state index in [1.54, 1.807) is 61.9 Å². The fourth-order valence-corrected chi connectivity index (χ4v) is 6.50. The molecule has 1 saturated carbocycles. The lowest BCUT2D eigenvalue weighted by Crippen LogP contribution is -2.51. The first-order valence-electron chi connectivity index (χ1n) is 16.0. The SMILES string of the molecule is COCCCN1C(=O)COc2ccc(N(C(=O)[C@H]3CN(C(=O)OC(C)(C)C)CC[C@@H]3c3cccc(OS(=O)(=O)C(F)(F)F)c3)C3CC3)cc21. The number of rotatable bonds is 10. The summed E-state index contributed by atoms with van der Waals surface area (Å²) in [4.78, 5) is 45.4. The summed E-state index contributed by atoms with van der Waals surface area (Å²) < 4.78 is 83.6. The van der Waals surface area contributed by atoms with Gasteiger partial charge in [-0.2, -0.15) is 21.6 Å². The predicted octanol–water partition coefficient (Wildman–Crippen LogP) is 5.21. The van der Waals surface area contributed by atoms with Crippen LogP contribution in [-0.2, 0) is 29.2 Å². The first kappa shape index (κ1) is 36.2. The summed E-state index contributed by atoms with van der Waals surface area (Å²) in [6, 6.07) is 10.2. The minimum absolute atomic E-state index is 0.0662. The van der Waals surface area contributed by atoms with Gasteiger partial charge in [-0.25, -0.2) is 4.79 Å². The summed E-state index contributed by atoms with van der Waals surface area (Å²) >= 11 is 0. The van der Waals surface area contributed by atoms with Crippen molar-refractivity contribution in [2.75, 3.05) is 49.8 Å². The summed E-state index contributed by atoms with van der Waals surface area (Å²) in [6.45, 7) is 5.97. The van der Waals surface area contributed by atoms with Crippen LogP contribution in [0.2, 0.25) is 0 Å². The van der Waals surface area contributed by atoms with Crippen molar-refractivity contribution in [3.8, 4) is 11.5 Å². The minimum atomic E-state index is -5.93. The molecule has 49 heavy (non-hydrogen) atoms. The Labute approximate surface area is 283 Å². The Morgan fingerprint density at radius 1 is 1.06 bits per heavy atom. The molecule has 0 N–H and O–H groups in total. The van der Waals surface area contributed by atoms with E-state index in [0.717, 1.165) is 6.07 Å². The van der Waals surface area contributed by atoms with Crippen molar-refractivity contribution in [2.24, 2.45) is 5.92 Å². The summed E-state index contributed by atoms with van der Waals surface area (Å²) in [7, 11) is -4.36. The summed E-state index contributed by atoms with van der Waals surface area (Å²) in [5, 5.41) is 0. The van der Waals surface area contributed by atoms with Crippen molar-refractivity contribution < 1.29 is 54.4 Å². The van der Waals surface area contributed by atoms with Crippen LogP contribution in [0, 0.1) is 5.92 Å². The van der Waals surface area contributed by atoms with Crippen molar-refractivity contribution in [2.45, 2.75) is 69.5 Å². The molecule has 0 spiro atoms. The van der Waals surface area contributed by atoms with Gasteiger partial charge < -0.3 is 33.1 Å². The highest BCUT2D eigenvalue weighted by molar-refractivity contribution is 7.88. The number of nitrogens with zero attached hydrogens (tertiary/aromatic N) is 3. The monoisotopic (exact) mass is 711 g/mol. The second-order valence-corrected chi connectivity index (χ2v) is 14.8. The molecule has 1 saturated heterocycles. The summed E-state index contributed by atoms with van der Waals surface area (Å²) in [6.07, 6.45) is 1.60. The number of likely N-dealkylation sites (tertiary alicyclic amines) is 1. The van der Waals surface area contributed by atoms with E-state index in [2.05, 4.69) is 4.18 Å². The van der Waals surface area contributed by atoms with Crippen molar-refractivity contribution in [3.63, 3.8) is 0 Å². The molecule has 12 nitrogen and oxygen atoms in total. The van der Waals surface area contributed by atoms with Gasteiger partial charge in [-0.3, -0.25) is 9.59 Å². The molecule has 268 valence electrons. The molecule has 0 bridgehead atoms. The molecule has 2 aliphatic heterocycles. The third-order valence-electron chi connectivity index (χ3n) is 8.40. The zero-order chi connectivity index (χ0) is 35.7. The van der Waals surface area contributed by atoms with Gasteiger partial charge in [0.2, 0.25) is 5.91 Å². The lowest BCUT2D eigenvalue weighted by Gasteiger charge is -2.41. The number of benzene rings is 2. The minimum Gasteiger partial charge on any atom is -0.482 e. The number of anilines is 2. The molecule has 2 aromatic rings. The highest BCUT2D eigenvalue weighted by Crippen LogP contribution is 2.43. The number of alkyl halides is 3. The van der Waals surface area contributed by atoms with E-state index in [1.165, 1.54) is 17.0 Å². The van der Waals surface area contributed by atoms with Gasteiger partial charge in [0.25, 0.3) is 5.91 Å². The Bertz CT molecular complexity index is 1680. The molecule has 2 atom stereocenters. The number of ether oxygens (including phenoxy) is 3. The number of carbonyl (C=O) groups is 3. The summed E-state index contributed by atoms with van der Waals surface area (Å²) in [5.74, 6) is -2.17. The van der Waals surface area contributed by atoms with Crippen molar-refractivity contribution in [3.05, 3.63) is 48.0 Å². The van der Waals surface area contributed by atoms with Gasteiger partial charge in [-0.1, -0.05) is 12.1 Å². The van der Waals surface area contributed by atoms with E-state index in [-0.39, 0.29) is 44.0 Å².